The molecule has 1 rings (SSSR count). The highest BCUT2D eigenvalue weighted by atomic mass is 19.3. The first-order chi connectivity index (χ1) is 8.93. The van der Waals surface area contributed by atoms with Crippen molar-refractivity contribution in [2.45, 2.75) is 18.8 Å². The third-order valence-corrected chi connectivity index (χ3v) is 2.22. The highest BCUT2D eigenvalue weighted by Crippen LogP contribution is 2.23. The van der Waals surface area contributed by atoms with Gasteiger partial charge in [-0.05, 0) is 12.1 Å². The van der Waals surface area contributed by atoms with Crippen molar-refractivity contribution in [3.8, 4) is 5.75 Å². The molecule has 0 atom stereocenters. The number of para-hydroxylation sites is 2. The van der Waals surface area contributed by atoms with Gasteiger partial charge in [0.2, 0.25) is 0 Å². The summed E-state index contributed by atoms with van der Waals surface area (Å²) < 4.78 is 58.2. The molecular weight excluding hydrogens is 266 g/mol. The summed E-state index contributed by atoms with van der Waals surface area (Å²) in [5.41, 5.74) is 6.08. The lowest BCUT2D eigenvalue weighted by Crippen LogP contribution is -2.32. The monoisotopic (exact) mass is 281 g/mol. The molecule has 0 bridgehead atoms. The zero-order valence-corrected chi connectivity index (χ0v) is 10.1. The average molecular weight is 281 g/mol. The minimum Gasteiger partial charge on any atom is -0.491 e. The van der Waals surface area contributed by atoms with Gasteiger partial charge in [0.25, 0.3) is 0 Å². The molecule has 0 aliphatic heterocycles. The van der Waals surface area contributed by atoms with Crippen molar-refractivity contribution >= 4 is 5.69 Å². The first kappa shape index (κ1) is 15.6. The summed E-state index contributed by atoms with van der Waals surface area (Å²) in [6.45, 7) is -1.18. The average Bonchev–Trinajstić information content (AvgIpc) is 2.35. The third kappa shape index (κ3) is 5.34. The van der Waals surface area contributed by atoms with Gasteiger partial charge in [-0.15, -0.1) is 0 Å². The predicted molar refractivity (Wildman–Crippen MR) is 62.7 cm³/mol. The summed E-state index contributed by atoms with van der Waals surface area (Å²) in [4.78, 5) is 0. The molecule has 1 aromatic rings. The smallest absolute Gasteiger partial charge is 0.330 e. The van der Waals surface area contributed by atoms with E-state index < -0.39 is 19.0 Å². The molecule has 0 amide bonds. The summed E-state index contributed by atoms with van der Waals surface area (Å²) >= 11 is 0. The number of hydrogen-bond donors (Lipinski definition) is 1. The van der Waals surface area contributed by atoms with Crippen molar-refractivity contribution in [3.05, 3.63) is 24.3 Å². The second-order valence-corrected chi connectivity index (χ2v) is 3.85. The number of benzene rings is 1. The molecule has 0 heterocycles. The maximum absolute atomic E-state index is 12.5. The molecule has 19 heavy (non-hydrogen) atoms. The molecule has 3 nitrogen and oxygen atoms in total. The summed E-state index contributed by atoms with van der Waals surface area (Å²) in [6, 6.07) is 6.82. The highest BCUT2D eigenvalue weighted by Gasteiger charge is 2.40. The first-order valence-electron chi connectivity index (χ1n) is 5.64. The lowest BCUT2D eigenvalue weighted by atomic mass is 10.3. The summed E-state index contributed by atoms with van der Waals surface area (Å²) in [5.74, 6) is -3.62. The van der Waals surface area contributed by atoms with E-state index in [1.807, 2.05) is 0 Å². The second-order valence-electron chi connectivity index (χ2n) is 3.85. The zero-order valence-electron chi connectivity index (χ0n) is 10.1. The Morgan fingerprint density at radius 1 is 1.16 bits per heavy atom. The van der Waals surface area contributed by atoms with E-state index in [1.165, 1.54) is 0 Å². The van der Waals surface area contributed by atoms with E-state index in [-0.39, 0.29) is 13.2 Å². The van der Waals surface area contributed by atoms with E-state index in [9.17, 15) is 17.6 Å². The largest absolute Gasteiger partial charge is 0.491 e. The second kappa shape index (κ2) is 7.18. The van der Waals surface area contributed by atoms with Gasteiger partial charge >= 0.3 is 12.3 Å². The number of hydrogen-bond acceptors (Lipinski definition) is 3. The van der Waals surface area contributed by atoms with Crippen LogP contribution in [-0.4, -0.2) is 32.2 Å². The molecule has 0 saturated heterocycles. The lowest BCUT2D eigenvalue weighted by Gasteiger charge is -2.15. The van der Waals surface area contributed by atoms with Gasteiger partial charge in [-0.2, -0.15) is 8.78 Å². The topological polar surface area (TPSA) is 44.5 Å². The van der Waals surface area contributed by atoms with E-state index in [2.05, 4.69) is 4.74 Å². The highest BCUT2D eigenvalue weighted by molar-refractivity contribution is 5.51. The van der Waals surface area contributed by atoms with Crippen LogP contribution >= 0.6 is 0 Å². The molecule has 1 aromatic carbocycles. The number of alkyl halides is 4. The molecular formula is C12H15F4NO2. The molecule has 0 aromatic heterocycles. The van der Waals surface area contributed by atoms with Gasteiger partial charge in [-0.3, -0.25) is 0 Å². The Morgan fingerprint density at radius 3 is 2.47 bits per heavy atom. The van der Waals surface area contributed by atoms with Crippen LogP contribution in [-0.2, 0) is 4.74 Å². The van der Waals surface area contributed by atoms with Crippen molar-refractivity contribution in [2.24, 2.45) is 0 Å². The van der Waals surface area contributed by atoms with Crippen LogP contribution in [0, 0.1) is 0 Å². The van der Waals surface area contributed by atoms with Crippen molar-refractivity contribution < 1.29 is 27.0 Å². The van der Waals surface area contributed by atoms with E-state index in [4.69, 9.17) is 10.5 Å². The molecule has 0 saturated carbocycles. The Morgan fingerprint density at radius 2 is 1.84 bits per heavy atom. The first-order valence-corrected chi connectivity index (χ1v) is 5.64. The predicted octanol–water partition coefficient (Wildman–Crippen LogP) is 2.95. The van der Waals surface area contributed by atoms with Gasteiger partial charge in [-0.25, -0.2) is 8.78 Å². The normalized spacial score (nSPS) is 11.8. The fourth-order valence-electron chi connectivity index (χ4n) is 1.23. The molecule has 108 valence electrons. The molecule has 7 heteroatoms. The van der Waals surface area contributed by atoms with E-state index in [0.717, 1.165) is 0 Å². The Bertz CT molecular complexity index is 388. The maximum Gasteiger partial charge on any atom is 0.330 e. The van der Waals surface area contributed by atoms with Gasteiger partial charge in [0.15, 0.2) is 0 Å². The Hall–Kier alpha value is -1.50. The Kier molecular flexibility index (Phi) is 5.88. The van der Waals surface area contributed by atoms with Crippen LogP contribution in [0.4, 0.5) is 23.2 Å². The zero-order chi connectivity index (χ0) is 14.3. The van der Waals surface area contributed by atoms with E-state index in [0.29, 0.717) is 17.9 Å². The van der Waals surface area contributed by atoms with Crippen LogP contribution < -0.4 is 10.5 Å². The summed E-state index contributed by atoms with van der Waals surface area (Å²) in [7, 11) is 0. The van der Waals surface area contributed by atoms with Crippen LogP contribution in [0.2, 0.25) is 0 Å². The molecule has 0 aliphatic carbocycles. The van der Waals surface area contributed by atoms with Crippen molar-refractivity contribution in [2.75, 3.05) is 25.6 Å². The third-order valence-electron chi connectivity index (χ3n) is 2.22. The van der Waals surface area contributed by atoms with Crippen LogP contribution in [0.25, 0.3) is 0 Å². The van der Waals surface area contributed by atoms with Crippen LogP contribution in [0.15, 0.2) is 24.3 Å². The maximum atomic E-state index is 12.5. The molecule has 0 radical (unpaired) electrons. The SMILES string of the molecule is Nc1ccccc1OCCCOCC(F)(F)C(F)F. The van der Waals surface area contributed by atoms with Gasteiger partial charge in [-0.1, -0.05) is 12.1 Å². The molecule has 0 unspecified atom stereocenters. The number of ether oxygens (including phenoxy) is 2. The van der Waals surface area contributed by atoms with Gasteiger partial charge in [0, 0.05) is 6.42 Å². The molecule has 0 fully saturated rings. The molecule has 0 spiro atoms. The van der Waals surface area contributed by atoms with Crippen molar-refractivity contribution in [1.82, 2.24) is 0 Å². The van der Waals surface area contributed by atoms with Gasteiger partial charge in [0.05, 0.1) is 18.9 Å². The fraction of sp³-hybridized carbons (Fsp3) is 0.500. The standard InChI is InChI=1S/C12H15F4NO2/c13-11(14)12(15,16)8-18-6-3-7-19-10-5-2-1-4-9(10)17/h1-2,4-5,11H,3,6-8,17H2. The van der Waals surface area contributed by atoms with Gasteiger partial charge in [0.1, 0.15) is 12.4 Å². The minimum atomic E-state index is -4.11. The Labute approximate surface area is 108 Å². The Balaban J connectivity index is 2.14. The summed E-state index contributed by atoms with van der Waals surface area (Å²) in [6.07, 6.45) is -3.42. The number of nitrogen functional groups attached to an aromatic ring is 1. The lowest BCUT2D eigenvalue weighted by molar-refractivity contribution is -0.166. The number of rotatable bonds is 8. The molecule has 2 N–H and O–H groups in total. The summed E-state index contributed by atoms with van der Waals surface area (Å²) in [5, 5.41) is 0. The fourth-order valence-corrected chi connectivity index (χ4v) is 1.23. The van der Waals surface area contributed by atoms with Crippen LogP contribution in [0.1, 0.15) is 6.42 Å². The quantitative estimate of drug-likeness (QED) is 0.452. The van der Waals surface area contributed by atoms with Crippen LogP contribution in [0.5, 0.6) is 5.75 Å². The molecule has 0 aliphatic rings. The van der Waals surface area contributed by atoms with E-state index >= 15 is 0 Å². The number of halogens is 4. The number of nitrogens with two attached hydrogens (primary N) is 1. The van der Waals surface area contributed by atoms with Crippen LogP contribution in [0.3, 0.4) is 0 Å². The van der Waals surface area contributed by atoms with E-state index in [1.54, 1.807) is 24.3 Å². The minimum absolute atomic E-state index is 0.0882. The van der Waals surface area contributed by atoms with Crippen molar-refractivity contribution in [3.63, 3.8) is 0 Å². The van der Waals surface area contributed by atoms with Gasteiger partial charge < -0.3 is 15.2 Å². The van der Waals surface area contributed by atoms with Crippen molar-refractivity contribution in [1.29, 1.82) is 0 Å². The number of anilines is 1.